The lowest BCUT2D eigenvalue weighted by molar-refractivity contribution is 0.328. The Bertz CT molecular complexity index is 3160. The third-order valence-corrected chi connectivity index (χ3v) is 12.4. The highest BCUT2D eigenvalue weighted by atomic mass is 16.4. The van der Waals surface area contributed by atoms with Crippen LogP contribution >= 0.6 is 0 Å². The lowest BCUT2D eigenvalue weighted by Gasteiger charge is -2.37. The van der Waals surface area contributed by atoms with Gasteiger partial charge in [0.25, 0.3) is 0 Å². The zero-order valence-electron chi connectivity index (χ0n) is 35.0. The minimum absolute atomic E-state index is 0.0659. The summed E-state index contributed by atoms with van der Waals surface area (Å²) in [5, 5.41) is 54.2. The molecule has 2 atom stereocenters. The van der Waals surface area contributed by atoms with Gasteiger partial charge in [-0.2, -0.15) is 0 Å². The van der Waals surface area contributed by atoms with Crippen LogP contribution in [0.15, 0.2) is 187 Å². The Balaban J connectivity index is 0.993. The van der Waals surface area contributed by atoms with Crippen LogP contribution < -0.4 is 14.7 Å². The van der Waals surface area contributed by atoms with E-state index < -0.39 is 28.7 Å². The highest BCUT2D eigenvalue weighted by Crippen LogP contribution is 2.56. The summed E-state index contributed by atoms with van der Waals surface area (Å²) in [6.45, 7) is 4.55. The largest absolute Gasteiger partial charge is 0.503 e. The molecule has 9 nitrogen and oxygen atoms in total. The third kappa shape index (κ3) is 6.93. The molecular formula is C55H45N3O6. The van der Waals surface area contributed by atoms with Gasteiger partial charge in [-0.3, -0.25) is 0 Å². The van der Waals surface area contributed by atoms with Gasteiger partial charge in [-0.05, 0) is 108 Å². The van der Waals surface area contributed by atoms with E-state index in [0.717, 1.165) is 91.1 Å². The molecule has 2 heterocycles. The van der Waals surface area contributed by atoms with Gasteiger partial charge in [0.1, 0.15) is 16.9 Å². The number of hydrogen-bond acceptors (Lipinski definition) is 9. The van der Waals surface area contributed by atoms with Crippen molar-refractivity contribution in [2.45, 2.75) is 24.8 Å². The number of phenols is 5. The Morgan fingerprint density at radius 1 is 0.641 bits per heavy atom. The number of likely N-dealkylation sites (N-methyl/N-ethyl adjacent to an activating group) is 1. The summed E-state index contributed by atoms with van der Waals surface area (Å²) in [7, 11) is 1.67. The van der Waals surface area contributed by atoms with Crippen molar-refractivity contribution in [3.05, 3.63) is 199 Å². The minimum Gasteiger partial charge on any atom is -0.503 e. The summed E-state index contributed by atoms with van der Waals surface area (Å²) in [6.07, 6.45) is 12.0. The molecule has 9 heteroatoms. The molecule has 0 amide bonds. The number of phenolic OH excluding ortho intramolecular Hbond substituents is 5. The zero-order chi connectivity index (χ0) is 44.1. The molecule has 64 heavy (non-hydrogen) atoms. The predicted molar refractivity (Wildman–Crippen MR) is 258 cm³/mol. The van der Waals surface area contributed by atoms with E-state index in [9.17, 15) is 25.5 Å². The van der Waals surface area contributed by atoms with E-state index in [2.05, 4.69) is 138 Å². The molecule has 2 unspecified atom stereocenters. The van der Waals surface area contributed by atoms with Crippen LogP contribution in [0.3, 0.4) is 0 Å². The average molecular weight is 844 g/mol. The Labute approximate surface area is 370 Å². The Morgan fingerprint density at radius 3 is 2.11 bits per heavy atom. The number of anilines is 6. The lowest BCUT2D eigenvalue weighted by Crippen LogP contribution is -2.37. The molecule has 0 spiro atoms. The Morgan fingerprint density at radius 2 is 1.31 bits per heavy atom. The van der Waals surface area contributed by atoms with Crippen LogP contribution in [0.5, 0.6) is 28.7 Å². The first-order valence-corrected chi connectivity index (χ1v) is 21.2. The van der Waals surface area contributed by atoms with Crippen molar-refractivity contribution in [3.63, 3.8) is 0 Å². The first-order chi connectivity index (χ1) is 31.2. The van der Waals surface area contributed by atoms with Gasteiger partial charge in [0.2, 0.25) is 17.2 Å². The SMILES string of the molecule is C=C1/C=C(c2ccc(C3CCC=CC3N(C)c3c(O)c(O)c(O)c(O)c3O)cc2)\C=C/N(c2cccc(N(c3ccccc3)c3ccc4oc5ccccc5c4c3)c2)c2ccccc21. The van der Waals surface area contributed by atoms with Crippen LogP contribution in [0.2, 0.25) is 0 Å². The molecule has 1 aromatic heterocycles. The van der Waals surface area contributed by atoms with E-state index in [4.69, 9.17) is 4.42 Å². The number of para-hydroxylation sites is 3. The number of rotatable bonds is 8. The van der Waals surface area contributed by atoms with E-state index in [1.165, 1.54) is 0 Å². The second kappa shape index (κ2) is 16.2. The molecule has 0 radical (unpaired) electrons. The summed E-state index contributed by atoms with van der Waals surface area (Å²) < 4.78 is 6.20. The van der Waals surface area contributed by atoms with Crippen LogP contribution in [0, 0.1) is 0 Å². The zero-order valence-corrected chi connectivity index (χ0v) is 35.0. The summed E-state index contributed by atoms with van der Waals surface area (Å²) in [5.41, 5.74) is 11.4. The maximum Gasteiger partial charge on any atom is 0.208 e. The maximum atomic E-state index is 10.8. The molecular weight excluding hydrogens is 799 g/mol. The van der Waals surface area contributed by atoms with Crippen molar-refractivity contribution < 1.29 is 29.9 Å². The number of aromatic hydroxyl groups is 5. The topological polar surface area (TPSA) is 124 Å². The van der Waals surface area contributed by atoms with Crippen molar-refractivity contribution in [3.8, 4) is 28.7 Å². The van der Waals surface area contributed by atoms with Gasteiger partial charge in [-0.1, -0.05) is 104 Å². The van der Waals surface area contributed by atoms with Crippen LogP contribution in [0.1, 0.15) is 35.4 Å². The van der Waals surface area contributed by atoms with Crippen molar-refractivity contribution in [1.29, 1.82) is 0 Å². The van der Waals surface area contributed by atoms with Crippen LogP contribution in [-0.2, 0) is 0 Å². The Kier molecular flexibility index (Phi) is 10.1. The highest BCUT2D eigenvalue weighted by Gasteiger charge is 2.33. The minimum atomic E-state index is -0.984. The van der Waals surface area contributed by atoms with Gasteiger partial charge in [-0.15, -0.1) is 0 Å². The number of nitrogens with zero attached hydrogens (tertiary/aromatic N) is 3. The molecule has 1 aliphatic carbocycles. The third-order valence-electron chi connectivity index (χ3n) is 12.4. The fourth-order valence-electron chi connectivity index (χ4n) is 9.23. The second-order valence-electron chi connectivity index (χ2n) is 16.2. The highest BCUT2D eigenvalue weighted by molar-refractivity contribution is 6.06. The Hall–Kier alpha value is -8.30. The van der Waals surface area contributed by atoms with Crippen molar-refractivity contribution in [2.24, 2.45) is 0 Å². The molecule has 1 aliphatic heterocycles. The molecule has 7 aromatic carbocycles. The van der Waals surface area contributed by atoms with Crippen molar-refractivity contribution in [1.82, 2.24) is 0 Å². The fraction of sp³-hybridized carbons (Fsp3) is 0.0909. The van der Waals surface area contributed by atoms with E-state index >= 15 is 0 Å². The molecule has 5 N–H and O–H groups in total. The summed E-state index contributed by atoms with van der Waals surface area (Å²) in [4.78, 5) is 6.09. The second-order valence-corrected chi connectivity index (χ2v) is 16.2. The number of hydrogen-bond donors (Lipinski definition) is 5. The quantitative estimate of drug-likeness (QED) is 0.0578. The molecule has 10 rings (SSSR count). The first-order valence-electron chi connectivity index (χ1n) is 21.2. The molecule has 0 bridgehead atoms. The van der Waals surface area contributed by atoms with Crippen molar-refractivity contribution in [2.75, 3.05) is 21.7 Å². The van der Waals surface area contributed by atoms with Crippen LogP contribution in [0.4, 0.5) is 34.1 Å². The summed E-state index contributed by atoms with van der Waals surface area (Å²) in [5.74, 6) is -4.29. The van der Waals surface area contributed by atoms with E-state index in [1.54, 1.807) is 11.9 Å². The number of fused-ring (bicyclic) bond motifs is 4. The van der Waals surface area contributed by atoms with Gasteiger partial charge < -0.3 is 44.6 Å². The van der Waals surface area contributed by atoms with E-state index in [-0.39, 0.29) is 17.6 Å². The molecule has 316 valence electrons. The van der Waals surface area contributed by atoms with Crippen molar-refractivity contribution >= 4 is 67.2 Å². The normalized spacial score (nSPS) is 17.4. The molecule has 8 aromatic rings. The predicted octanol–water partition coefficient (Wildman–Crippen LogP) is 13.3. The number of allylic oxidation sites excluding steroid dienone is 5. The number of furan rings is 1. The molecule has 0 fully saturated rings. The maximum absolute atomic E-state index is 10.8. The van der Waals surface area contributed by atoms with Crippen LogP contribution in [-0.4, -0.2) is 38.6 Å². The van der Waals surface area contributed by atoms with E-state index in [1.807, 2.05) is 54.6 Å². The monoisotopic (exact) mass is 843 g/mol. The summed E-state index contributed by atoms with van der Waals surface area (Å²) in [6, 6.07) is 49.7. The van der Waals surface area contributed by atoms with Gasteiger partial charge >= 0.3 is 0 Å². The molecule has 0 saturated heterocycles. The van der Waals surface area contributed by atoms with Gasteiger partial charge in [-0.25, -0.2) is 0 Å². The summed E-state index contributed by atoms with van der Waals surface area (Å²) >= 11 is 0. The molecule has 2 aliphatic rings. The fourth-order valence-corrected chi connectivity index (χ4v) is 9.23. The average Bonchev–Trinajstić information content (AvgIpc) is 3.71. The lowest BCUT2D eigenvalue weighted by atomic mass is 9.82. The molecule has 0 saturated carbocycles. The number of benzene rings is 7. The van der Waals surface area contributed by atoms with Gasteiger partial charge in [0.15, 0.2) is 11.5 Å². The smallest absolute Gasteiger partial charge is 0.208 e. The van der Waals surface area contributed by atoms with E-state index in [0.29, 0.717) is 0 Å². The van der Waals surface area contributed by atoms with Crippen LogP contribution in [0.25, 0.3) is 33.1 Å². The van der Waals surface area contributed by atoms with Gasteiger partial charge in [0.05, 0.1) is 11.7 Å². The first kappa shape index (κ1) is 39.8. The standard InChI is InChI=1S/C55H45N3O6/c1-34-31-37(35-23-25-36(26-24-35)43-18-7-9-20-46(43)56(2)50-51(59)53(61)55(63)54(62)52(50)60)29-30-57(47-21-10-6-17-42(34)47)39-15-12-16-40(32-39)58(38-13-4-3-5-14-38)41-27-28-49-45(33-41)44-19-8-11-22-48(44)64-49/h3-6,8-17,19-33,43,46,59-63H,1,7,18H2,2H3/b30-29-,37-31+. The van der Waals surface area contributed by atoms with Gasteiger partial charge in [0, 0.05) is 58.3 Å².